The van der Waals surface area contributed by atoms with Crippen LogP contribution in [0.25, 0.3) is 0 Å². The van der Waals surface area contributed by atoms with Gasteiger partial charge in [0.1, 0.15) is 23.4 Å². The zero-order chi connectivity index (χ0) is 22.0. The largest absolute Gasteiger partial charge is 0.384 e. The molecule has 0 bridgehead atoms. The Labute approximate surface area is 180 Å². The molecule has 160 valence electrons. The first kappa shape index (κ1) is 20.6. The number of hydrogen-bond acceptors (Lipinski definition) is 6. The van der Waals surface area contributed by atoms with Crippen molar-refractivity contribution in [1.29, 1.82) is 0 Å². The predicted octanol–water partition coefficient (Wildman–Crippen LogP) is 2.25. The molecule has 1 aliphatic heterocycles. The van der Waals surface area contributed by atoms with Crippen LogP contribution in [0.2, 0.25) is 0 Å². The Kier molecular flexibility index (Phi) is 5.70. The number of nitrogens with one attached hydrogen (secondary N) is 2. The predicted molar refractivity (Wildman–Crippen MR) is 120 cm³/mol. The molecule has 3 aromatic rings. The summed E-state index contributed by atoms with van der Waals surface area (Å²) in [6.07, 6.45) is 4.33. The summed E-state index contributed by atoms with van der Waals surface area (Å²) in [5, 5.41) is 6.08. The third-order valence-electron chi connectivity index (χ3n) is 5.40. The van der Waals surface area contributed by atoms with Gasteiger partial charge in [0.05, 0.1) is 6.20 Å². The minimum absolute atomic E-state index is 0.203. The minimum Gasteiger partial charge on any atom is -0.384 e. The number of anilines is 2. The molecule has 31 heavy (non-hydrogen) atoms. The average molecular weight is 419 g/mol. The van der Waals surface area contributed by atoms with Crippen molar-refractivity contribution in [3.63, 3.8) is 0 Å². The van der Waals surface area contributed by atoms with Crippen molar-refractivity contribution < 1.29 is 4.79 Å². The summed E-state index contributed by atoms with van der Waals surface area (Å²) >= 11 is 0. The summed E-state index contributed by atoms with van der Waals surface area (Å²) in [5.74, 6) is 0.862. The van der Waals surface area contributed by atoms with Gasteiger partial charge in [-0.15, -0.1) is 0 Å². The van der Waals surface area contributed by atoms with Crippen molar-refractivity contribution in [1.82, 2.24) is 19.9 Å². The monoisotopic (exact) mass is 418 g/mol. The highest BCUT2D eigenvalue weighted by Gasteiger charge is 2.30. The van der Waals surface area contributed by atoms with Gasteiger partial charge in [0, 0.05) is 25.7 Å². The minimum atomic E-state index is -0.570. The number of carbonyl (C=O) groups is 1. The van der Waals surface area contributed by atoms with Gasteiger partial charge in [0.15, 0.2) is 0 Å². The smallest absolute Gasteiger partial charge is 0.277 e. The van der Waals surface area contributed by atoms with Crippen molar-refractivity contribution in [2.24, 2.45) is 0 Å². The van der Waals surface area contributed by atoms with E-state index in [1.54, 1.807) is 18.5 Å². The van der Waals surface area contributed by atoms with Crippen molar-refractivity contribution >= 4 is 17.4 Å². The molecule has 1 aromatic carbocycles. The highest BCUT2D eigenvalue weighted by atomic mass is 16.2. The maximum Gasteiger partial charge on any atom is 0.277 e. The maximum absolute atomic E-state index is 13.1. The van der Waals surface area contributed by atoms with Gasteiger partial charge in [-0.1, -0.05) is 35.4 Å². The lowest BCUT2D eigenvalue weighted by molar-refractivity contribution is -0.124. The van der Waals surface area contributed by atoms with E-state index in [9.17, 15) is 9.59 Å². The average Bonchev–Trinajstić information content (AvgIpc) is 3.17. The topological polar surface area (TPSA) is 115 Å². The number of benzene rings is 1. The molecule has 0 saturated heterocycles. The molecule has 8 heteroatoms. The Balaban J connectivity index is 1.48. The maximum atomic E-state index is 13.1. The molecule has 1 aliphatic rings. The Bertz CT molecular complexity index is 1150. The van der Waals surface area contributed by atoms with Crippen LogP contribution >= 0.6 is 0 Å². The lowest BCUT2D eigenvalue weighted by Crippen LogP contribution is -2.36. The number of fused-ring (bicyclic) bond motifs is 1. The Morgan fingerprint density at radius 1 is 1.10 bits per heavy atom. The molecule has 0 aliphatic carbocycles. The number of amides is 1. The summed E-state index contributed by atoms with van der Waals surface area (Å²) in [6.45, 7) is 4.93. The van der Waals surface area contributed by atoms with Gasteiger partial charge in [0.2, 0.25) is 5.91 Å². The van der Waals surface area contributed by atoms with Crippen LogP contribution in [-0.4, -0.2) is 20.4 Å². The molecule has 0 fully saturated rings. The van der Waals surface area contributed by atoms with Crippen LogP contribution in [0.1, 0.15) is 40.5 Å². The molecular weight excluding hydrogens is 392 g/mol. The quantitative estimate of drug-likeness (QED) is 0.566. The Morgan fingerprint density at radius 3 is 2.58 bits per heavy atom. The molecule has 1 amide bonds. The first-order valence-electron chi connectivity index (χ1n) is 10.3. The fourth-order valence-corrected chi connectivity index (χ4v) is 3.99. The van der Waals surface area contributed by atoms with Crippen LogP contribution in [0.4, 0.5) is 11.5 Å². The first-order chi connectivity index (χ1) is 14.9. The lowest BCUT2D eigenvalue weighted by Gasteiger charge is -2.16. The summed E-state index contributed by atoms with van der Waals surface area (Å²) in [7, 11) is 0. The van der Waals surface area contributed by atoms with E-state index in [4.69, 9.17) is 5.73 Å². The summed E-state index contributed by atoms with van der Waals surface area (Å²) < 4.78 is 1.51. The molecule has 0 unspecified atom stereocenters. The van der Waals surface area contributed by atoms with Gasteiger partial charge in [0.25, 0.3) is 5.56 Å². The molecule has 0 radical (unpaired) electrons. The SMILES string of the molecule is Cc1cc(C)cc(CNc2cnc3n(c2=O)[C@H](C(=O)NCc2ccc(N)nc2)CC3)c1. The van der Waals surface area contributed by atoms with Crippen molar-refractivity contribution in [3.8, 4) is 0 Å². The van der Waals surface area contributed by atoms with Gasteiger partial charge in [-0.2, -0.15) is 0 Å². The van der Waals surface area contributed by atoms with E-state index in [1.807, 2.05) is 19.9 Å². The van der Waals surface area contributed by atoms with Crippen LogP contribution in [0.15, 0.2) is 47.5 Å². The molecule has 4 N–H and O–H groups in total. The van der Waals surface area contributed by atoms with E-state index < -0.39 is 6.04 Å². The Hall–Kier alpha value is -3.68. The standard InChI is InChI=1S/C23H26N6O2/c1-14-7-15(2)9-17(8-14)12-25-18-13-27-21-6-4-19(29(21)23(18)31)22(30)28-11-16-3-5-20(24)26-10-16/h3,5,7-10,13,19,25H,4,6,11-12H2,1-2H3,(H2,24,26)(H,28,30)/t19-/m0/s1. The fourth-order valence-electron chi connectivity index (χ4n) is 3.99. The summed E-state index contributed by atoms with van der Waals surface area (Å²) in [4.78, 5) is 34.4. The van der Waals surface area contributed by atoms with Crippen molar-refractivity contribution in [3.05, 3.63) is 81.2 Å². The van der Waals surface area contributed by atoms with Crippen LogP contribution in [-0.2, 0) is 24.3 Å². The first-order valence-corrected chi connectivity index (χ1v) is 10.3. The molecule has 2 aromatic heterocycles. The number of aromatic nitrogens is 3. The van der Waals surface area contributed by atoms with Gasteiger partial charge >= 0.3 is 0 Å². The van der Waals surface area contributed by atoms with Gasteiger partial charge < -0.3 is 16.4 Å². The third-order valence-corrected chi connectivity index (χ3v) is 5.40. The lowest BCUT2D eigenvalue weighted by atomic mass is 10.1. The molecule has 8 nitrogen and oxygen atoms in total. The van der Waals surface area contributed by atoms with Crippen LogP contribution < -0.4 is 21.9 Å². The number of carbonyl (C=O) groups excluding carboxylic acids is 1. The highest BCUT2D eigenvalue weighted by Crippen LogP contribution is 2.23. The number of nitrogens with zero attached hydrogens (tertiary/aromatic N) is 3. The number of pyridine rings is 1. The molecule has 4 rings (SSSR count). The normalized spacial score (nSPS) is 14.8. The van der Waals surface area contributed by atoms with Crippen LogP contribution in [0, 0.1) is 13.8 Å². The number of hydrogen-bond donors (Lipinski definition) is 3. The van der Waals surface area contributed by atoms with Crippen LogP contribution in [0.5, 0.6) is 0 Å². The Morgan fingerprint density at radius 2 is 1.87 bits per heavy atom. The second kappa shape index (κ2) is 8.59. The molecule has 3 heterocycles. The van der Waals surface area contributed by atoms with E-state index in [-0.39, 0.29) is 11.5 Å². The number of rotatable bonds is 6. The van der Waals surface area contributed by atoms with E-state index in [1.165, 1.54) is 15.7 Å². The zero-order valence-electron chi connectivity index (χ0n) is 17.7. The second-order valence-corrected chi connectivity index (χ2v) is 7.98. The summed E-state index contributed by atoms with van der Waals surface area (Å²) in [6, 6.07) is 9.21. The van der Waals surface area contributed by atoms with E-state index in [0.717, 1.165) is 11.1 Å². The number of nitrogens with two attached hydrogens (primary N) is 1. The zero-order valence-corrected chi connectivity index (χ0v) is 17.7. The fraction of sp³-hybridized carbons (Fsp3) is 0.304. The van der Waals surface area contributed by atoms with Crippen molar-refractivity contribution in [2.45, 2.75) is 45.8 Å². The molecular formula is C23H26N6O2. The third kappa shape index (κ3) is 4.58. The number of nitrogen functional groups attached to an aromatic ring is 1. The van der Waals surface area contributed by atoms with E-state index >= 15 is 0 Å². The van der Waals surface area contributed by atoms with Crippen molar-refractivity contribution in [2.75, 3.05) is 11.1 Å². The highest BCUT2D eigenvalue weighted by molar-refractivity contribution is 5.80. The molecule has 0 spiro atoms. The molecule has 1 atom stereocenters. The second-order valence-electron chi connectivity index (χ2n) is 7.98. The van der Waals surface area contributed by atoms with Gasteiger partial charge in [-0.05, 0) is 37.5 Å². The van der Waals surface area contributed by atoms with E-state index in [0.29, 0.717) is 43.3 Å². The van der Waals surface area contributed by atoms with Gasteiger partial charge in [-0.25, -0.2) is 9.97 Å². The van der Waals surface area contributed by atoms with Crippen LogP contribution in [0.3, 0.4) is 0 Å². The molecule has 0 saturated carbocycles. The van der Waals surface area contributed by atoms with E-state index in [2.05, 4.69) is 38.8 Å². The number of aryl methyl sites for hydroxylation is 3. The van der Waals surface area contributed by atoms with Gasteiger partial charge in [-0.3, -0.25) is 14.2 Å². The summed E-state index contributed by atoms with van der Waals surface area (Å²) in [5.41, 5.74) is 10.0.